The molecule has 2 aromatic rings. The molecule has 0 fully saturated rings. The van der Waals surface area contributed by atoms with E-state index in [0.29, 0.717) is 23.2 Å². The Morgan fingerprint density at radius 2 is 1.95 bits per heavy atom. The average molecular weight is 349 g/mol. The minimum Gasteiger partial charge on any atom is -0.457 e. The maximum absolute atomic E-state index is 12.6. The van der Waals surface area contributed by atoms with Gasteiger partial charge in [-0.05, 0) is 33.1 Å². The zero-order valence-electron chi connectivity index (χ0n) is 11.1. The Kier molecular flexibility index (Phi) is 3.55. The van der Waals surface area contributed by atoms with Gasteiger partial charge < -0.3 is 15.1 Å². The average Bonchev–Trinajstić information content (AvgIpc) is 2.91. The van der Waals surface area contributed by atoms with E-state index in [1.807, 2.05) is 24.3 Å². The predicted octanol–water partition coefficient (Wildman–Crippen LogP) is 2.09. The number of hydrogen-bond acceptors (Lipinski definition) is 3. The number of nitrogens with two attached hydrogens (primary N) is 1. The van der Waals surface area contributed by atoms with Crippen molar-refractivity contribution in [3.05, 3.63) is 58.0 Å². The van der Waals surface area contributed by atoms with Crippen molar-refractivity contribution in [3.63, 3.8) is 0 Å². The number of fused-ring (bicyclic) bond motifs is 1. The number of carbonyl (C=O) groups excluding carboxylic acids is 2. The fourth-order valence-corrected chi connectivity index (χ4v) is 3.00. The van der Waals surface area contributed by atoms with Crippen molar-refractivity contribution in [2.45, 2.75) is 19.0 Å². The largest absolute Gasteiger partial charge is 0.457 e. The van der Waals surface area contributed by atoms with E-state index in [-0.39, 0.29) is 5.91 Å². The van der Waals surface area contributed by atoms with Crippen LogP contribution in [0.3, 0.4) is 0 Å². The summed E-state index contributed by atoms with van der Waals surface area (Å²) in [5, 5.41) is 0. The van der Waals surface area contributed by atoms with Crippen LogP contribution in [0.15, 0.2) is 45.7 Å². The second-order valence-electron chi connectivity index (χ2n) is 4.93. The van der Waals surface area contributed by atoms with Crippen molar-refractivity contribution in [3.8, 4) is 0 Å². The van der Waals surface area contributed by atoms with Crippen molar-refractivity contribution < 1.29 is 14.0 Å². The van der Waals surface area contributed by atoms with Crippen LogP contribution < -0.4 is 5.73 Å². The number of primary amides is 1. The van der Waals surface area contributed by atoms with Gasteiger partial charge in [-0.1, -0.05) is 24.3 Å². The summed E-state index contributed by atoms with van der Waals surface area (Å²) in [5.74, 6) is -0.772. The molecule has 0 bridgehead atoms. The monoisotopic (exact) mass is 348 g/mol. The summed E-state index contributed by atoms with van der Waals surface area (Å²) in [5.41, 5.74) is 7.95. The van der Waals surface area contributed by atoms with E-state index in [2.05, 4.69) is 15.9 Å². The Bertz CT molecular complexity index is 710. The molecule has 1 aliphatic rings. The maximum atomic E-state index is 12.6. The van der Waals surface area contributed by atoms with Crippen LogP contribution in [-0.4, -0.2) is 22.8 Å². The molecule has 1 aromatic carbocycles. The molecule has 1 atom stereocenters. The third kappa shape index (κ3) is 2.47. The second kappa shape index (κ2) is 5.37. The zero-order chi connectivity index (χ0) is 15.0. The lowest BCUT2D eigenvalue weighted by Gasteiger charge is -2.34. The lowest BCUT2D eigenvalue weighted by molar-refractivity contribution is -0.122. The van der Waals surface area contributed by atoms with E-state index < -0.39 is 11.9 Å². The number of halogens is 1. The van der Waals surface area contributed by atoms with Crippen LogP contribution >= 0.6 is 15.9 Å². The van der Waals surface area contributed by atoms with Crippen molar-refractivity contribution in [2.75, 3.05) is 0 Å². The molecule has 21 heavy (non-hydrogen) atoms. The summed E-state index contributed by atoms with van der Waals surface area (Å²) in [4.78, 5) is 25.9. The summed E-state index contributed by atoms with van der Waals surface area (Å²) in [7, 11) is 0. The fourth-order valence-electron chi connectivity index (χ4n) is 2.59. The molecular formula is C15H13BrN2O3. The molecule has 2 N–H and O–H groups in total. The summed E-state index contributed by atoms with van der Waals surface area (Å²) in [6.07, 6.45) is 1.86. The highest BCUT2D eigenvalue weighted by molar-refractivity contribution is 9.10. The zero-order valence-corrected chi connectivity index (χ0v) is 12.7. The van der Waals surface area contributed by atoms with Crippen molar-refractivity contribution >= 4 is 27.7 Å². The normalized spacial score (nSPS) is 17.4. The summed E-state index contributed by atoms with van der Waals surface area (Å²) in [6, 6.07) is 8.68. The van der Waals surface area contributed by atoms with E-state index in [1.54, 1.807) is 6.07 Å². The molecule has 0 radical (unpaired) electrons. The number of nitrogens with zero attached hydrogens (tertiary/aromatic N) is 1. The van der Waals surface area contributed by atoms with Gasteiger partial charge in [-0.2, -0.15) is 0 Å². The first kappa shape index (κ1) is 13.9. The molecule has 0 saturated heterocycles. The maximum Gasteiger partial charge on any atom is 0.259 e. The fraction of sp³-hybridized carbons (Fsp3) is 0.200. The van der Waals surface area contributed by atoms with Crippen LogP contribution in [0.1, 0.15) is 21.5 Å². The minimum absolute atomic E-state index is 0.270. The first-order valence-corrected chi connectivity index (χ1v) is 7.27. The number of furan rings is 1. The molecule has 3 rings (SSSR count). The Labute approximate surface area is 129 Å². The van der Waals surface area contributed by atoms with Gasteiger partial charge in [0.15, 0.2) is 4.67 Å². The van der Waals surface area contributed by atoms with Crippen molar-refractivity contribution in [1.29, 1.82) is 0 Å². The van der Waals surface area contributed by atoms with Gasteiger partial charge in [-0.3, -0.25) is 9.59 Å². The highest BCUT2D eigenvalue weighted by atomic mass is 79.9. The lowest BCUT2D eigenvalue weighted by atomic mass is 9.93. The third-order valence-electron chi connectivity index (χ3n) is 3.69. The minimum atomic E-state index is -0.644. The van der Waals surface area contributed by atoms with E-state index in [0.717, 1.165) is 11.1 Å². The topological polar surface area (TPSA) is 76.5 Å². The number of benzene rings is 1. The predicted molar refractivity (Wildman–Crippen MR) is 79.4 cm³/mol. The summed E-state index contributed by atoms with van der Waals surface area (Å²) in [6.45, 7) is 0.361. The molecule has 0 spiro atoms. The van der Waals surface area contributed by atoms with Gasteiger partial charge in [-0.25, -0.2) is 0 Å². The van der Waals surface area contributed by atoms with Gasteiger partial charge in [0.1, 0.15) is 6.04 Å². The Morgan fingerprint density at radius 3 is 2.57 bits per heavy atom. The van der Waals surface area contributed by atoms with E-state index >= 15 is 0 Å². The van der Waals surface area contributed by atoms with E-state index in [4.69, 9.17) is 10.2 Å². The quantitative estimate of drug-likeness (QED) is 0.902. The van der Waals surface area contributed by atoms with E-state index in [9.17, 15) is 9.59 Å². The molecule has 0 aliphatic carbocycles. The first-order valence-electron chi connectivity index (χ1n) is 6.48. The molecule has 0 saturated carbocycles. The molecule has 0 unspecified atom stereocenters. The molecule has 2 heterocycles. The molecule has 2 amide bonds. The number of carbonyl (C=O) groups is 2. The van der Waals surface area contributed by atoms with Crippen molar-refractivity contribution in [2.24, 2.45) is 5.73 Å². The van der Waals surface area contributed by atoms with Gasteiger partial charge in [-0.15, -0.1) is 0 Å². The Hall–Kier alpha value is -2.08. The first-order chi connectivity index (χ1) is 10.1. The van der Waals surface area contributed by atoms with Crippen molar-refractivity contribution in [1.82, 2.24) is 4.90 Å². The molecule has 6 heteroatoms. The Balaban J connectivity index is 1.98. The van der Waals surface area contributed by atoms with Gasteiger partial charge in [0.25, 0.3) is 5.91 Å². The third-order valence-corrected chi connectivity index (χ3v) is 4.30. The molecule has 1 aromatic heterocycles. The highest BCUT2D eigenvalue weighted by Crippen LogP contribution is 2.27. The summed E-state index contributed by atoms with van der Waals surface area (Å²) < 4.78 is 5.45. The van der Waals surface area contributed by atoms with E-state index in [1.165, 1.54) is 11.2 Å². The second-order valence-corrected chi connectivity index (χ2v) is 5.65. The SMILES string of the molecule is NC(=O)[C@@H]1Cc2ccccc2CN1C(=O)c1ccoc1Br. The van der Waals surface area contributed by atoms with Crippen LogP contribution in [0.2, 0.25) is 0 Å². The van der Waals surface area contributed by atoms with Crippen LogP contribution in [0.5, 0.6) is 0 Å². The standard InChI is InChI=1S/C15H13BrN2O3/c16-13-11(5-6-21-13)15(20)18-8-10-4-2-1-3-9(10)7-12(18)14(17)19/h1-6,12H,7-8H2,(H2,17,19)/t12-/m0/s1. The number of hydrogen-bond donors (Lipinski definition) is 1. The molecule has 1 aliphatic heterocycles. The van der Waals surface area contributed by atoms with Crippen LogP contribution in [0, 0.1) is 0 Å². The number of amides is 2. The summed E-state index contributed by atoms with van der Waals surface area (Å²) >= 11 is 3.19. The highest BCUT2D eigenvalue weighted by Gasteiger charge is 2.34. The molecule has 5 nitrogen and oxygen atoms in total. The molecular weight excluding hydrogens is 336 g/mol. The van der Waals surface area contributed by atoms with Crippen LogP contribution in [-0.2, 0) is 17.8 Å². The van der Waals surface area contributed by atoms with Gasteiger partial charge in [0, 0.05) is 13.0 Å². The van der Waals surface area contributed by atoms with Gasteiger partial charge in [0.2, 0.25) is 5.91 Å². The van der Waals surface area contributed by atoms with Crippen LogP contribution in [0.4, 0.5) is 0 Å². The lowest BCUT2D eigenvalue weighted by Crippen LogP contribution is -2.51. The Morgan fingerprint density at radius 1 is 1.24 bits per heavy atom. The smallest absolute Gasteiger partial charge is 0.259 e. The van der Waals surface area contributed by atoms with Gasteiger partial charge >= 0.3 is 0 Å². The number of rotatable bonds is 2. The molecule has 108 valence electrons. The van der Waals surface area contributed by atoms with Gasteiger partial charge in [0.05, 0.1) is 11.8 Å². The van der Waals surface area contributed by atoms with Crippen LogP contribution in [0.25, 0.3) is 0 Å².